The standard InChI is InChI=1S/C12H21N3O2/c1-10(8-13)11(16)15-6-4-14(5-7-15)9-12(2,3)17/h10,17H,4-7,9H2,1-3H3. The molecule has 0 aromatic rings. The van der Waals surface area contributed by atoms with Crippen LogP contribution in [0.1, 0.15) is 20.8 Å². The molecule has 0 aromatic heterocycles. The number of amides is 1. The van der Waals surface area contributed by atoms with Gasteiger partial charge in [-0.15, -0.1) is 0 Å². The van der Waals surface area contributed by atoms with E-state index in [4.69, 9.17) is 5.26 Å². The van der Waals surface area contributed by atoms with Gasteiger partial charge in [-0.05, 0) is 20.8 Å². The Balaban J connectivity index is 2.41. The van der Waals surface area contributed by atoms with Crippen LogP contribution in [-0.4, -0.2) is 59.1 Å². The lowest BCUT2D eigenvalue weighted by molar-refractivity contribution is -0.135. The van der Waals surface area contributed by atoms with Crippen LogP contribution >= 0.6 is 0 Å². The van der Waals surface area contributed by atoms with Gasteiger partial charge in [0.2, 0.25) is 5.91 Å². The number of hydrogen-bond donors (Lipinski definition) is 1. The number of rotatable bonds is 3. The zero-order chi connectivity index (χ0) is 13.1. The number of β-amino-alcohol motifs (C(OH)–C–C–N with tert-alkyl or cyclic N) is 1. The third-order valence-electron chi connectivity index (χ3n) is 2.86. The van der Waals surface area contributed by atoms with Gasteiger partial charge in [-0.25, -0.2) is 0 Å². The van der Waals surface area contributed by atoms with Crippen LogP contribution in [0, 0.1) is 17.2 Å². The second-order valence-corrected chi connectivity index (χ2v) is 5.26. The minimum absolute atomic E-state index is 0.0876. The summed E-state index contributed by atoms with van der Waals surface area (Å²) in [5, 5.41) is 18.4. The topological polar surface area (TPSA) is 67.6 Å². The van der Waals surface area contributed by atoms with Crippen molar-refractivity contribution in [3.05, 3.63) is 0 Å². The van der Waals surface area contributed by atoms with Crippen molar-refractivity contribution < 1.29 is 9.90 Å². The highest BCUT2D eigenvalue weighted by Crippen LogP contribution is 2.10. The van der Waals surface area contributed by atoms with Crippen molar-refractivity contribution in [1.82, 2.24) is 9.80 Å². The van der Waals surface area contributed by atoms with Crippen LogP contribution in [-0.2, 0) is 4.79 Å². The molecule has 0 aliphatic carbocycles. The van der Waals surface area contributed by atoms with E-state index >= 15 is 0 Å². The average molecular weight is 239 g/mol. The molecule has 1 unspecified atom stereocenters. The number of carbonyl (C=O) groups is 1. The van der Waals surface area contributed by atoms with E-state index in [1.165, 1.54) is 0 Å². The number of nitriles is 1. The molecule has 1 atom stereocenters. The molecule has 1 aliphatic rings. The van der Waals surface area contributed by atoms with Crippen molar-refractivity contribution in [3.8, 4) is 6.07 Å². The first-order chi connectivity index (χ1) is 7.83. The van der Waals surface area contributed by atoms with E-state index in [1.54, 1.807) is 25.7 Å². The fraction of sp³-hybridized carbons (Fsp3) is 0.833. The van der Waals surface area contributed by atoms with Gasteiger partial charge in [0.25, 0.3) is 0 Å². The predicted octanol–water partition coefficient (Wildman–Crippen LogP) is 0.0612. The zero-order valence-electron chi connectivity index (χ0n) is 10.8. The molecule has 17 heavy (non-hydrogen) atoms. The van der Waals surface area contributed by atoms with E-state index in [-0.39, 0.29) is 5.91 Å². The normalized spacial score (nSPS) is 19.8. The lowest BCUT2D eigenvalue weighted by Crippen LogP contribution is -2.52. The van der Waals surface area contributed by atoms with Crippen LogP contribution in [0.5, 0.6) is 0 Å². The first-order valence-electron chi connectivity index (χ1n) is 5.96. The van der Waals surface area contributed by atoms with Crippen LogP contribution in [0.2, 0.25) is 0 Å². The summed E-state index contributed by atoms with van der Waals surface area (Å²) in [5.41, 5.74) is -0.702. The molecule has 0 saturated carbocycles. The molecular weight excluding hydrogens is 218 g/mol. The summed E-state index contributed by atoms with van der Waals surface area (Å²) in [7, 11) is 0. The maximum absolute atomic E-state index is 11.8. The van der Waals surface area contributed by atoms with Crippen LogP contribution in [0.3, 0.4) is 0 Å². The summed E-state index contributed by atoms with van der Waals surface area (Å²) in [4.78, 5) is 15.6. The van der Waals surface area contributed by atoms with Crippen molar-refractivity contribution in [2.24, 2.45) is 5.92 Å². The summed E-state index contributed by atoms with van der Waals surface area (Å²) in [6.07, 6.45) is 0. The fourth-order valence-electron chi connectivity index (χ4n) is 2.00. The number of hydrogen-bond acceptors (Lipinski definition) is 4. The van der Waals surface area contributed by atoms with E-state index in [0.717, 1.165) is 13.1 Å². The average Bonchev–Trinajstić information content (AvgIpc) is 2.26. The van der Waals surface area contributed by atoms with Crippen molar-refractivity contribution in [2.75, 3.05) is 32.7 Å². The minimum Gasteiger partial charge on any atom is -0.389 e. The lowest BCUT2D eigenvalue weighted by Gasteiger charge is -2.37. The van der Waals surface area contributed by atoms with Gasteiger partial charge in [0.05, 0.1) is 11.7 Å². The Morgan fingerprint density at radius 1 is 1.41 bits per heavy atom. The summed E-state index contributed by atoms with van der Waals surface area (Å²) < 4.78 is 0. The molecular formula is C12H21N3O2. The summed E-state index contributed by atoms with van der Waals surface area (Å²) in [6.45, 7) is 8.60. The molecule has 0 aromatic carbocycles. The molecule has 5 heteroatoms. The Morgan fingerprint density at radius 3 is 2.35 bits per heavy atom. The first kappa shape index (κ1) is 13.9. The van der Waals surface area contributed by atoms with E-state index in [2.05, 4.69) is 4.90 Å². The molecule has 1 aliphatic heterocycles. The molecule has 0 radical (unpaired) electrons. The summed E-state index contributed by atoms with van der Waals surface area (Å²) >= 11 is 0. The fourth-order valence-corrected chi connectivity index (χ4v) is 2.00. The van der Waals surface area contributed by atoms with Gasteiger partial charge >= 0.3 is 0 Å². The van der Waals surface area contributed by atoms with Gasteiger partial charge in [0.15, 0.2) is 0 Å². The Labute approximate surface area is 103 Å². The first-order valence-corrected chi connectivity index (χ1v) is 5.96. The van der Waals surface area contributed by atoms with Crippen molar-refractivity contribution in [2.45, 2.75) is 26.4 Å². The number of piperazine rings is 1. The van der Waals surface area contributed by atoms with Crippen molar-refractivity contribution in [3.63, 3.8) is 0 Å². The van der Waals surface area contributed by atoms with Crippen LogP contribution in [0.25, 0.3) is 0 Å². The molecule has 0 spiro atoms. The van der Waals surface area contributed by atoms with Gasteiger partial charge in [0, 0.05) is 32.7 Å². The van der Waals surface area contributed by atoms with E-state index < -0.39 is 11.5 Å². The molecule has 1 fully saturated rings. The second kappa shape index (κ2) is 5.48. The lowest BCUT2D eigenvalue weighted by atomic mass is 10.1. The third-order valence-corrected chi connectivity index (χ3v) is 2.86. The maximum Gasteiger partial charge on any atom is 0.239 e. The highest BCUT2D eigenvalue weighted by Gasteiger charge is 2.26. The van der Waals surface area contributed by atoms with Crippen molar-refractivity contribution >= 4 is 5.91 Å². The number of carbonyl (C=O) groups excluding carboxylic acids is 1. The second-order valence-electron chi connectivity index (χ2n) is 5.26. The summed E-state index contributed by atoms with van der Waals surface area (Å²) in [6, 6.07) is 1.97. The highest BCUT2D eigenvalue weighted by atomic mass is 16.3. The predicted molar refractivity (Wildman–Crippen MR) is 64.1 cm³/mol. The highest BCUT2D eigenvalue weighted by molar-refractivity contribution is 5.80. The SMILES string of the molecule is CC(C#N)C(=O)N1CCN(CC(C)(C)O)CC1. The third kappa shape index (κ3) is 4.33. The van der Waals surface area contributed by atoms with Gasteiger partial charge in [-0.2, -0.15) is 5.26 Å². The molecule has 0 bridgehead atoms. The Kier molecular flexibility index (Phi) is 4.49. The molecule has 1 N–H and O–H groups in total. The monoisotopic (exact) mass is 239 g/mol. The van der Waals surface area contributed by atoms with E-state index in [0.29, 0.717) is 19.6 Å². The van der Waals surface area contributed by atoms with Crippen LogP contribution < -0.4 is 0 Å². The van der Waals surface area contributed by atoms with Gasteiger partial charge < -0.3 is 10.0 Å². The Hall–Kier alpha value is -1.12. The molecule has 1 rings (SSSR count). The number of aliphatic hydroxyl groups is 1. The van der Waals surface area contributed by atoms with E-state index in [9.17, 15) is 9.90 Å². The van der Waals surface area contributed by atoms with Gasteiger partial charge in [0.1, 0.15) is 5.92 Å². The van der Waals surface area contributed by atoms with Crippen LogP contribution in [0.4, 0.5) is 0 Å². The van der Waals surface area contributed by atoms with Crippen molar-refractivity contribution in [1.29, 1.82) is 5.26 Å². The smallest absolute Gasteiger partial charge is 0.239 e. The Bertz CT molecular complexity index is 309. The molecule has 1 saturated heterocycles. The quantitative estimate of drug-likeness (QED) is 0.756. The van der Waals surface area contributed by atoms with Gasteiger partial charge in [-0.1, -0.05) is 0 Å². The molecule has 1 heterocycles. The van der Waals surface area contributed by atoms with Crippen LogP contribution in [0.15, 0.2) is 0 Å². The largest absolute Gasteiger partial charge is 0.389 e. The maximum atomic E-state index is 11.8. The van der Waals surface area contributed by atoms with E-state index in [1.807, 2.05) is 6.07 Å². The molecule has 96 valence electrons. The number of nitrogens with zero attached hydrogens (tertiary/aromatic N) is 3. The zero-order valence-corrected chi connectivity index (χ0v) is 10.8. The Morgan fingerprint density at radius 2 is 1.94 bits per heavy atom. The van der Waals surface area contributed by atoms with Gasteiger partial charge in [-0.3, -0.25) is 9.69 Å². The molecule has 5 nitrogen and oxygen atoms in total. The minimum atomic E-state index is -0.702. The summed E-state index contributed by atoms with van der Waals surface area (Å²) in [5.74, 6) is -0.647. The molecule has 1 amide bonds.